The molecular formula is C13H12Cl2CrN4O. The molecule has 2 aromatic rings. The molecule has 0 aliphatic heterocycles. The second-order valence-electron chi connectivity index (χ2n) is 3.62. The van der Waals surface area contributed by atoms with Crippen LogP contribution in [0.5, 0.6) is 0 Å². The normalized spacial score (nSPS) is 11.6. The van der Waals surface area contributed by atoms with E-state index < -0.39 is 0 Å². The standard InChI is InChI=1S/C13H12N4O.2ClH.Cr/c1-10(12-4-2-3-7-15-12)16-17-13(18)11-5-8-14-9-6-11;;;/h2-9H,1H3,(H,17,18);2*1H;/q;;;+2/p-2/b16-10+;;;. The van der Waals surface area contributed by atoms with E-state index in [1.807, 2.05) is 18.2 Å². The Morgan fingerprint density at radius 1 is 1.10 bits per heavy atom. The zero-order chi connectivity index (χ0) is 15.5. The summed E-state index contributed by atoms with van der Waals surface area (Å²) in [5.41, 5.74) is 1.93. The molecular weight excluding hydrogens is 351 g/mol. The van der Waals surface area contributed by atoms with Gasteiger partial charge in [-0.05, 0) is 31.2 Å². The summed E-state index contributed by atoms with van der Waals surface area (Å²) in [7, 11) is 9.65. The monoisotopic (exact) mass is 362 g/mol. The Balaban J connectivity index is 0.000000677. The number of nitrogens with zero attached hydrogens (tertiary/aromatic N) is 4. The van der Waals surface area contributed by atoms with Gasteiger partial charge in [0, 0.05) is 24.2 Å². The van der Waals surface area contributed by atoms with E-state index in [4.69, 9.17) is 20.1 Å². The van der Waals surface area contributed by atoms with Gasteiger partial charge in [0.25, 0.3) is 0 Å². The summed E-state index contributed by atoms with van der Waals surface area (Å²) in [6.07, 6.45) is 4.84. The molecule has 0 aliphatic carbocycles. The summed E-state index contributed by atoms with van der Waals surface area (Å²) in [6.45, 7) is 1.78. The van der Waals surface area contributed by atoms with Crippen molar-refractivity contribution in [3.8, 4) is 0 Å². The summed E-state index contributed by atoms with van der Waals surface area (Å²) in [5, 5.41) is 17.4. The Labute approximate surface area is 137 Å². The van der Waals surface area contributed by atoms with E-state index in [0.29, 0.717) is 11.3 Å². The third kappa shape index (κ3) is 6.70. The van der Waals surface area contributed by atoms with Gasteiger partial charge in [0.2, 0.25) is 5.90 Å². The molecule has 5 nitrogen and oxygen atoms in total. The zero-order valence-electron chi connectivity index (χ0n) is 11.0. The third-order valence-corrected chi connectivity index (χ3v) is 2.27. The average Bonchev–Trinajstić information content (AvgIpc) is 2.54. The van der Waals surface area contributed by atoms with Crippen molar-refractivity contribution < 1.29 is 18.5 Å². The summed E-state index contributed by atoms with van der Waals surface area (Å²) in [5.74, 6) is -0.146. The number of aliphatic hydroxyl groups is 1. The molecule has 0 saturated carbocycles. The molecule has 0 atom stereocenters. The molecule has 2 aromatic heterocycles. The van der Waals surface area contributed by atoms with Crippen LogP contribution in [0.25, 0.3) is 0 Å². The predicted molar refractivity (Wildman–Crippen MR) is 81.6 cm³/mol. The first kappa shape index (κ1) is 17.6. The van der Waals surface area contributed by atoms with Crippen LogP contribution in [0.15, 0.2) is 59.1 Å². The number of pyridine rings is 2. The molecule has 1 N–H and O–H groups in total. The summed E-state index contributed by atoms with van der Waals surface area (Å²) < 4.78 is 0. The van der Waals surface area contributed by atoms with Crippen molar-refractivity contribution in [3.05, 3.63) is 60.2 Å². The second-order valence-corrected chi connectivity index (χ2v) is 5.72. The summed E-state index contributed by atoms with van der Waals surface area (Å²) >= 11 is -0.181. The average molecular weight is 363 g/mol. The molecule has 0 saturated heterocycles. The summed E-state index contributed by atoms with van der Waals surface area (Å²) in [4.78, 5) is 8.00. The van der Waals surface area contributed by atoms with Gasteiger partial charge in [-0.1, -0.05) is 6.07 Å². The number of aromatic nitrogens is 2. The Bertz CT molecular complexity index is 540. The molecule has 0 aliphatic rings. The molecule has 0 unspecified atom stereocenters. The van der Waals surface area contributed by atoms with Crippen LogP contribution in [0.1, 0.15) is 18.2 Å². The molecule has 0 radical (unpaired) electrons. The Morgan fingerprint density at radius 3 is 2.33 bits per heavy atom. The van der Waals surface area contributed by atoms with Crippen molar-refractivity contribution in [2.75, 3.05) is 0 Å². The van der Waals surface area contributed by atoms with Crippen LogP contribution in [0, 0.1) is 0 Å². The molecule has 0 fully saturated rings. The third-order valence-electron chi connectivity index (χ3n) is 2.27. The fraction of sp³-hybridized carbons (Fsp3) is 0.0769. The molecule has 0 aromatic carbocycles. The van der Waals surface area contributed by atoms with Crippen molar-refractivity contribution >= 4 is 31.7 Å². The van der Waals surface area contributed by atoms with E-state index in [1.165, 1.54) is 0 Å². The van der Waals surface area contributed by atoms with Gasteiger partial charge in [-0.2, -0.15) is 0 Å². The fourth-order valence-corrected chi connectivity index (χ4v) is 1.31. The number of rotatable bonds is 3. The van der Waals surface area contributed by atoms with Crippen LogP contribution in [-0.4, -0.2) is 26.7 Å². The van der Waals surface area contributed by atoms with Gasteiger partial charge < -0.3 is 5.11 Å². The van der Waals surface area contributed by atoms with Gasteiger partial charge >= 0.3 is 33.5 Å². The van der Waals surface area contributed by atoms with E-state index in [1.54, 1.807) is 37.6 Å². The molecule has 8 heteroatoms. The van der Waals surface area contributed by atoms with Crippen molar-refractivity contribution in [1.29, 1.82) is 0 Å². The van der Waals surface area contributed by atoms with Crippen LogP contribution in [0.3, 0.4) is 0 Å². The van der Waals surface area contributed by atoms with E-state index in [2.05, 4.69) is 20.2 Å². The van der Waals surface area contributed by atoms with E-state index in [9.17, 15) is 5.11 Å². The van der Waals surface area contributed by atoms with Gasteiger partial charge in [0.1, 0.15) is 0 Å². The minimum atomic E-state index is -0.181. The Morgan fingerprint density at radius 2 is 1.76 bits per heavy atom. The van der Waals surface area contributed by atoms with Gasteiger partial charge in [-0.15, -0.1) is 10.2 Å². The van der Waals surface area contributed by atoms with Gasteiger partial charge in [0.05, 0.1) is 11.4 Å². The number of aliphatic hydroxyl groups excluding tert-OH is 1. The van der Waals surface area contributed by atoms with Crippen LogP contribution in [0.4, 0.5) is 0 Å². The van der Waals surface area contributed by atoms with Gasteiger partial charge in [-0.3, -0.25) is 9.97 Å². The van der Waals surface area contributed by atoms with Gasteiger partial charge in [0.15, 0.2) is 0 Å². The van der Waals surface area contributed by atoms with E-state index in [-0.39, 0.29) is 19.3 Å². The topological polar surface area (TPSA) is 70.7 Å². The fourth-order valence-electron chi connectivity index (χ4n) is 1.31. The van der Waals surface area contributed by atoms with Crippen LogP contribution < -0.4 is 0 Å². The molecule has 110 valence electrons. The minimum absolute atomic E-state index is 0.146. The first-order valence-corrected chi connectivity index (χ1v) is 9.22. The second kappa shape index (κ2) is 10.3. The van der Waals surface area contributed by atoms with Crippen molar-refractivity contribution in [2.45, 2.75) is 6.92 Å². The molecule has 0 spiro atoms. The number of hydrogen-bond donors (Lipinski definition) is 1. The maximum absolute atomic E-state index is 9.71. The number of halogens is 2. The Kier molecular flexibility index (Phi) is 8.64. The maximum atomic E-state index is 9.71. The van der Waals surface area contributed by atoms with Crippen LogP contribution in [0.2, 0.25) is 0 Å². The molecule has 2 heterocycles. The molecule has 0 bridgehead atoms. The first-order valence-electron chi connectivity index (χ1n) is 5.71. The zero-order valence-corrected chi connectivity index (χ0v) is 13.8. The van der Waals surface area contributed by atoms with Crippen molar-refractivity contribution in [1.82, 2.24) is 9.97 Å². The van der Waals surface area contributed by atoms with E-state index >= 15 is 0 Å². The van der Waals surface area contributed by atoms with E-state index in [0.717, 1.165) is 5.69 Å². The predicted octanol–water partition coefficient (Wildman–Crippen LogP) is 3.58. The van der Waals surface area contributed by atoms with Gasteiger partial charge in [-0.25, -0.2) is 0 Å². The van der Waals surface area contributed by atoms with Crippen molar-refractivity contribution in [2.24, 2.45) is 10.2 Å². The van der Waals surface area contributed by atoms with Crippen LogP contribution in [-0.2, 0) is 13.4 Å². The number of hydrogen-bond acceptors (Lipinski definition) is 4. The van der Waals surface area contributed by atoms with Crippen LogP contribution >= 0.6 is 20.1 Å². The summed E-state index contributed by atoms with van der Waals surface area (Å²) in [6, 6.07) is 8.84. The molecule has 21 heavy (non-hydrogen) atoms. The molecule has 2 rings (SSSR count). The quantitative estimate of drug-likeness (QED) is 0.515. The Hall–Kier alpha value is -1.45. The molecule has 0 amide bonds. The first-order chi connectivity index (χ1) is 10.2. The SMILES string of the molecule is C/C(=N\N=C(/O)c1ccncc1)c1ccccn1.[Cl][Cr][Cl]. The van der Waals surface area contributed by atoms with Crippen molar-refractivity contribution in [3.63, 3.8) is 0 Å².